The molecule has 0 radical (unpaired) electrons. The highest BCUT2D eigenvalue weighted by molar-refractivity contribution is 5.69. The van der Waals surface area contributed by atoms with E-state index in [0.29, 0.717) is 37.1 Å². The number of aliphatic hydroxyl groups excluding tert-OH is 1. The van der Waals surface area contributed by atoms with Crippen LogP contribution >= 0.6 is 0 Å². The van der Waals surface area contributed by atoms with Crippen LogP contribution in [0.3, 0.4) is 0 Å². The van der Waals surface area contributed by atoms with Gasteiger partial charge in [0.1, 0.15) is 0 Å². The smallest absolute Gasteiger partial charge is 0.332 e. The van der Waals surface area contributed by atoms with E-state index in [2.05, 4.69) is 17.2 Å². The molecule has 0 bridgehead atoms. The average molecular weight is 464 g/mol. The number of hydrogen-bond acceptors (Lipinski definition) is 5. The normalized spacial score (nSPS) is 12.6. The van der Waals surface area contributed by atoms with Crippen LogP contribution in [-0.4, -0.2) is 43.0 Å². The highest BCUT2D eigenvalue weighted by Gasteiger charge is 2.14. The molecule has 0 aromatic carbocycles. The molecule has 2 aromatic rings. The molecule has 188 valence electrons. The van der Waals surface area contributed by atoms with Crippen LogP contribution in [0, 0.1) is 0 Å². The Bertz CT molecular complexity index is 930. The number of nitrogens with zero attached hydrogens (tertiary/aromatic N) is 4. The van der Waals surface area contributed by atoms with E-state index in [1.807, 2.05) is 0 Å². The molecule has 2 N–H and O–H groups in total. The molecule has 33 heavy (non-hydrogen) atoms. The minimum absolute atomic E-state index is 0.299. The standard InChI is InChI=1S/C25H45N5O3/c1-4-5-6-7-8-9-10-11-12-14-17-26-19-21(31)16-13-15-18-30-24(32)22-23(27-20-28(22)2)29(3)25(30)33/h20-21,26,31H,4-19H2,1-3H3. The molecule has 0 spiro atoms. The van der Waals surface area contributed by atoms with Gasteiger partial charge in [0, 0.05) is 27.2 Å². The molecule has 8 heteroatoms. The predicted octanol–water partition coefficient (Wildman–Crippen LogP) is 3.48. The Balaban J connectivity index is 1.54. The molecule has 0 saturated carbocycles. The van der Waals surface area contributed by atoms with Gasteiger partial charge < -0.3 is 15.0 Å². The number of nitrogens with one attached hydrogen (secondary N) is 1. The summed E-state index contributed by atoms with van der Waals surface area (Å²) in [6.45, 7) is 4.15. The predicted molar refractivity (Wildman–Crippen MR) is 135 cm³/mol. The highest BCUT2D eigenvalue weighted by atomic mass is 16.3. The van der Waals surface area contributed by atoms with E-state index in [9.17, 15) is 14.7 Å². The van der Waals surface area contributed by atoms with Crippen LogP contribution in [0.15, 0.2) is 15.9 Å². The summed E-state index contributed by atoms with van der Waals surface area (Å²) >= 11 is 0. The van der Waals surface area contributed by atoms with Gasteiger partial charge in [-0.1, -0.05) is 64.7 Å². The van der Waals surface area contributed by atoms with Crippen molar-refractivity contribution in [3.8, 4) is 0 Å². The molecule has 1 atom stereocenters. The Kier molecular flexibility index (Phi) is 12.5. The van der Waals surface area contributed by atoms with Crippen LogP contribution in [0.1, 0.15) is 90.4 Å². The zero-order chi connectivity index (χ0) is 24.1. The molecule has 8 nitrogen and oxygen atoms in total. The summed E-state index contributed by atoms with van der Waals surface area (Å²) in [4.78, 5) is 29.3. The first-order chi connectivity index (χ1) is 16.0. The maximum atomic E-state index is 12.7. The number of rotatable bonds is 18. The Morgan fingerprint density at radius 3 is 2.24 bits per heavy atom. The van der Waals surface area contributed by atoms with E-state index in [1.165, 1.54) is 66.9 Å². The summed E-state index contributed by atoms with van der Waals surface area (Å²) in [6, 6.07) is 0. The minimum atomic E-state index is -0.396. The summed E-state index contributed by atoms with van der Waals surface area (Å²) in [5.41, 5.74) is 0.206. The number of imidazole rings is 1. The van der Waals surface area contributed by atoms with Gasteiger partial charge >= 0.3 is 5.69 Å². The fourth-order valence-corrected chi connectivity index (χ4v) is 4.35. The van der Waals surface area contributed by atoms with Crippen LogP contribution < -0.4 is 16.6 Å². The van der Waals surface area contributed by atoms with Crippen LogP contribution in [0.5, 0.6) is 0 Å². The SMILES string of the molecule is CCCCCCCCCCCCNCC(O)CCCCn1c(=O)c2c(ncn2C)n(C)c1=O. The van der Waals surface area contributed by atoms with Crippen LogP contribution in [-0.2, 0) is 20.6 Å². The second kappa shape index (κ2) is 15.1. The average Bonchev–Trinajstić information content (AvgIpc) is 3.19. The molecule has 0 fully saturated rings. The molecular formula is C25H45N5O3. The number of unbranched alkanes of at least 4 members (excludes halogenated alkanes) is 10. The third-order valence-corrected chi connectivity index (χ3v) is 6.46. The Morgan fingerprint density at radius 1 is 0.939 bits per heavy atom. The number of aliphatic hydroxyl groups is 1. The first kappa shape index (κ1) is 27.3. The quantitative estimate of drug-likeness (QED) is 0.330. The maximum absolute atomic E-state index is 12.7. The molecule has 0 amide bonds. The molecule has 0 aliphatic heterocycles. The zero-order valence-electron chi connectivity index (χ0n) is 21.0. The van der Waals surface area contributed by atoms with Crippen molar-refractivity contribution in [3.05, 3.63) is 27.2 Å². The van der Waals surface area contributed by atoms with Crippen molar-refractivity contribution in [2.24, 2.45) is 14.1 Å². The van der Waals surface area contributed by atoms with Crippen LogP contribution in [0.2, 0.25) is 0 Å². The third-order valence-electron chi connectivity index (χ3n) is 6.46. The number of aryl methyl sites for hydroxylation is 2. The van der Waals surface area contributed by atoms with Crippen molar-refractivity contribution < 1.29 is 5.11 Å². The lowest BCUT2D eigenvalue weighted by molar-refractivity contribution is 0.157. The second-order valence-corrected chi connectivity index (χ2v) is 9.36. The monoisotopic (exact) mass is 463 g/mol. The van der Waals surface area contributed by atoms with Gasteiger partial charge in [0.25, 0.3) is 5.56 Å². The van der Waals surface area contributed by atoms with Gasteiger partial charge in [-0.2, -0.15) is 0 Å². The van der Waals surface area contributed by atoms with E-state index < -0.39 is 6.10 Å². The fourth-order valence-electron chi connectivity index (χ4n) is 4.35. The molecule has 0 saturated heterocycles. The van der Waals surface area contributed by atoms with E-state index in [0.717, 1.165) is 19.4 Å². The summed E-state index contributed by atoms with van der Waals surface area (Å²) in [5, 5.41) is 13.6. The lowest BCUT2D eigenvalue weighted by atomic mass is 10.1. The Morgan fingerprint density at radius 2 is 1.58 bits per heavy atom. The summed E-state index contributed by atoms with van der Waals surface area (Å²) in [7, 11) is 3.39. The molecular weight excluding hydrogens is 418 g/mol. The van der Waals surface area contributed by atoms with Crippen molar-refractivity contribution in [3.63, 3.8) is 0 Å². The summed E-state index contributed by atoms with van der Waals surface area (Å²) in [6.07, 6.45) is 16.5. The molecule has 1 unspecified atom stereocenters. The second-order valence-electron chi connectivity index (χ2n) is 9.36. The van der Waals surface area contributed by atoms with Crippen LogP contribution in [0.25, 0.3) is 11.2 Å². The van der Waals surface area contributed by atoms with Gasteiger partial charge in [-0.05, 0) is 32.2 Å². The van der Waals surface area contributed by atoms with Crippen molar-refractivity contribution >= 4 is 11.2 Å². The van der Waals surface area contributed by atoms with E-state index in [1.54, 1.807) is 25.0 Å². The fraction of sp³-hybridized carbons (Fsp3) is 0.800. The van der Waals surface area contributed by atoms with E-state index in [4.69, 9.17) is 0 Å². The van der Waals surface area contributed by atoms with Gasteiger partial charge in [0.05, 0.1) is 12.4 Å². The van der Waals surface area contributed by atoms with Gasteiger partial charge in [-0.15, -0.1) is 0 Å². The molecule has 2 rings (SSSR count). The first-order valence-corrected chi connectivity index (χ1v) is 13.0. The third kappa shape index (κ3) is 8.74. The molecule has 0 aliphatic rings. The lowest BCUT2D eigenvalue weighted by Crippen LogP contribution is -2.39. The van der Waals surface area contributed by atoms with Crippen LogP contribution in [0.4, 0.5) is 0 Å². The largest absolute Gasteiger partial charge is 0.392 e. The summed E-state index contributed by atoms with van der Waals surface area (Å²) in [5.74, 6) is 0. The van der Waals surface area contributed by atoms with Gasteiger partial charge in [0.2, 0.25) is 0 Å². The number of aromatic nitrogens is 4. The van der Waals surface area contributed by atoms with Crippen molar-refractivity contribution in [1.29, 1.82) is 0 Å². The topological polar surface area (TPSA) is 94.1 Å². The summed E-state index contributed by atoms with van der Waals surface area (Å²) < 4.78 is 4.35. The Labute approximate surface area is 198 Å². The number of hydrogen-bond donors (Lipinski definition) is 2. The zero-order valence-corrected chi connectivity index (χ0v) is 21.0. The first-order valence-electron chi connectivity index (χ1n) is 13.0. The van der Waals surface area contributed by atoms with Crippen molar-refractivity contribution in [1.82, 2.24) is 24.0 Å². The highest BCUT2D eigenvalue weighted by Crippen LogP contribution is 2.10. The number of fused-ring (bicyclic) bond motifs is 1. The lowest BCUT2D eigenvalue weighted by Gasteiger charge is -2.12. The molecule has 2 aromatic heterocycles. The molecule has 2 heterocycles. The molecule has 0 aliphatic carbocycles. The van der Waals surface area contributed by atoms with Gasteiger partial charge in [-0.25, -0.2) is 9.78 Å². The van der Waals surface area contributed by atoms with E-state index in [-0.39, 0.29) is 11.2 Å². The maximum Gasteiger partial charge on any atom is 0.332 e. The van der Waals surface area contributed by atoms with E-state index >= 15 is 0 Å². The van der Waals surface area contributed by atoms with Gasteiger partial charge in [0.15, 0.2) is 11.2 Å². The minimum Gasteiger partial charge on any atom is -0.392 e. The van der Waals surface area contributed by atoms with Crippen molar-refractivity contribution in [2.45, 2.75) is 103 Å². The van der Waals surface area contributed by atoms with Crippen molar-refractivity contribution in [2.75, 3.05) is 13.1 Å². The Hall–Kier alpha value is -1.93. The van der Waals surface area contributed by atoms with Gasteiger partial charge in [-0.3, -0.25) is 13.9 Å².